The average Bonchev–Trinajstić information content (AvgIpc) is 2.51. The predicted molar refractivity (Wildman–Crippen MR) is 102 cm³/mol. The topological polar surface area (TPSA) is 66.5 Å². The van der Waals surface area contributed by atoms with Gasteiger partial charge in [-0.15, -0.1) is 0 Å². The molecule has 2 rings (SSSR count). The minimum Gasteiger partial charge on any atom is -0.324 e. The Balaban J connectivity index is 2.36. The Bertz CT molecular complexity index is 901. The molecule has 2 aromatic carbocycles. The van der Waals surface area contributed by atoms with Gasteiger partial charge in [-0.3, -0.25) is 9.10 Å². The van der Waals surface area contributed by atoms with Gasteiger partial charge >= 0.3 is 0 Å². The minimum absolute atomic E-state index is 0.230. The molecule has 0 saturated carbocycles. The van der Waals surface area contributed by atoms with Gasteiger partial charge < -0.3 is 5.32 Å². The SMILES string of the molecule is Cc1cc(C)c(NC(=O)[C@H](C)N(c2ccc(F)cc2)S(C)(=O)=O)c(C)c1. The second kappa shape index (κ2) is 7.45. The number of nitrogens with one attached hydrogen (secondary N) is 1. The van der Waals surface area contributed by atoms with Crippen molar-refractivity contribution < 1.29 is 17.6 Å². The predicted octanol–water partition coefficient (Wildman–Crippen LogP) is 3.54. The van der Waals surface area contributed by atoms with Crippen LogP contribution in [0.5, 0.6) is 0 Å². The second-order valence-electron chi connectivity index (χ2n) is 6.47. The summed E-state index contributed by atoms with van der Waals surface area (Å²) in [5.41, 5.74) is 3.77. The number of carbonyl (C=O) groups excluding carboxylic acids is 1. The summed E-state index contributed by atoms with van der Waals surface area (Å²) >= 11 is 0. The van der Waals surface area contributed by atoms with Crippen LogP contribution < -0.4 is 9.62 Å². The number of amides is 1. The highest BCUT2D eigenvalue weighted by Crippen LogP contribution is 2.25. The summed E-state index contributed by atoms with van der Waals surface area (Å²) in [5, 5.41) is 2.82. The number of benzene rings is 2. The molecule has 0 fully saturated rings. The Morgan fingerprint density at radius 2 is 1.58 bits per heavy atom. The molecule has 0 aromatic heterocycles. The zero-order chi connectivity index (χ0) is 19.6. The Labute approximate surface area is 153 Å². The third kappa shape index (κ3) is 4.40. The van der Waals surface area contributed by atoms with Gasteiger partial charge in [-0.05, 0) is 63.1 Å². The van der Waals surface area contributed by atoms with E-state index in [1.807, 2.05) is 32.9 Å². The molecule has 0 aliphatic carbocycles. The standard InChI is InChI=1S/C19H23FN2O3S/c1-12-10-13(2)18(14(3)11-12)21-19(23)15(4)22(26(5,24)25)17-8-6-16(20)7-9-17/h6-11,15H,1-5H3,(H,21,23)/t15-/m0/s1. The van der Waals surface area contributed by atoms with Crippen molar-refractivity contribution in [2.75, 3.05) is 15.9 Å². The first-order valence-corrected chi connectivity index (χ1v) is 9.99. The van der Waals surface area contributed by atoms with Crippen LogP contribution in [0.25, 0.3) is 0 Å². The lowest BCUT2D eigenvalue weighted by Gasteiger charge is -2.28. The van der Waals surface area contributed by atoms with Crippen molar-refractivity contribution in [1.29, 1.82) is 0 Å². The summed E-state index contributed by atoms with van der Waals surface area (Å²) in [7, 11) is -3.74. The highest BCUT2D eigenvalue weighted by Gasteiger charge is 2.29. The van der Waals surface area contributed by atoms with Crippen LogP contribution in [0.3, 0.4) is 0 Å². The maximum absolute atomic E-state index is 13.2. The van der Waals surface area contributed by atoms with E-state index in [0.717, 1.165) is 39.4 Å². The number of aryl methyl sites for hydroxylation is 3. The summed E-state index contributed by atoms with van der Waals surface area (Å²) in [6.07, 6.45) is 1.02. The molecule has 26 heavy (non-hydrogen) atoms. The van der Waals surface area contributed by atoms with Crippen molar-refractivity contribution in [3.05, 3.63) is 58.9 Å². The first-order valence-electron chi connectivity index (χ1n) is 8.14. The fourth-order valence-corrected chi connectivity index (χ4v) is 4.18. The van der Waals surface area contributed by atoms with E-state index in [9.17, 15) is 17.6 Å². The van der Waals surface area contributed by atoms with Crippen LogP contribution in [-0.2, 0) is 14.8 Å². The molecule has 7 heteroatoms. The smallest absolute Gasteiger partial charge is 0.248 e. The summed E-state index contributed by atoms with van der Waals surface area (Å²) in [5.74, 6) is -0.944. The Morgan fingerprint density at radius 3 is 2.04 bits per heavy atom. The van der Waals surface area contributed by atoms with Gasteiger partial charge in [0.1, 0.15) is 11.9 Å². The Kier molecular flexibility index (Phi) is 5.71. The Hall–Kier alpha value is -2.41. The maximum Gasteiger partial charge on any atom is 0.248 e. The molecule has 0 aliphatic rings. The maximum atomic E-state index is 13.2. The van der Waals surface area contributed by atoms with Crippen molar-refractivity contribution in [3.8, 4) is 0 Å². The monoisotopic (exact) mass is 378 g/mol. The third-order valence-electron chi connectivity index (χ3n) is 4.09. The lowest BCUT2D eigenvalue weighted by molar-refractivity contribution is -0.116. The van der Waals surface area contributed by atoms with E-state index in [-0.39, 0.29) is 5.69 Å². The first kappa shape index (κ1) is 19.9. The van der Waals surface area contributed by atoms with Crippen LogP contribution in [0, 0.1) is 26.6 Å². The van der Waals surface area contributed by atoms with E-state index < -0.39 is 27.8 Å². The number of rotatable bonds is 5. The molecular formula is C19H23FN2O3S. The minimum atomic E-state index is -3.74. The second-order valence-corrected chi connectivity index (χ2v) is 8.33. The van der Waals surface area contributed by atoms with Gasteiger partial charge in [0, 0.05) is 5.69 Å². The number of halogens is 1. The van der Waals surface area contributed by atoms with Gasteiger partial charge in [-0.2, -0.15) is 0 Å². The van der Waals surface area contributed by atoms with Gasteiger partial charge in [0.25, 0.3) is 0 Å². The molecule has 0 spiro atoms. The first-order chi connectivity index (χ1) is 12.0. The van der Waals surface area contributed by atoms with Crippen molar-refractivity contribution in [1.82, 2.24) is 0 Å². The van der Waals surface area contributed by atoms with E-state index in [4.69, 9.17) is 0 Å². The Morgan fingerprint density at radius 1 is 1.08 bits per heavy atom. The summed E-state index contributed by atoms with van der Waals surface area (Å²) < 4.78 is 38.6. The normalized spacial score (nSPS) is 12.5. The molecule has 0 heterocycles. The van der Waals surface area contributed by atoms with E-state index in [1.165, 1.54) is 19.1 Å². The molecule has 0 bridgehead atoms. The van der Waals surface area contributed by atoms with Crippen LogP contribution in [0.1, 0.15) is 23.6 Å². The van der Waals surface area contributed by atoms with E-state index in [0.29, 0.717) is 5.69 Å². The fourth-order valence-electron chi connectivity index (χ4n) is 3.00. The van der Waals surface area contributed by atoms with Gasteiger partial charge in [0.15, 0.2) is 0 Å². The van der Waals surface area contributed by atoms with Gasteiger partial charge in [0.05, 0.1) is 11.9 Å². The highest BCUT2D eigenvalue weighted by atomic mass is 32.2. The number of anilines is 2. The number of hydrogen-bond acceptors (Lipinski definition) is 3. The van der Waals surface area contributed by atoms with Crippen LogP contribution in [0.2, 0.25) is 0 Å². The van der Waals surface area contributed by atoms with Crippen molar-refractivity contribution in [2.24, 2.45) is 0 Å². The highest BCUT2D eigenvalue weighted by molar-refractivity contribution is 7.92. The van der Waals surface area contributed by atoms with E-state index in [2.05, 4.69) is 5.32 Å². The van der Waals surface area contributed by atoms with E-state index >= 15 is 0 Å². The molecule has 0 unspecified atom stereocenters. The van der Waals surface area contributed by atoms with Crippen LogP contribution in [0.15, 0.2) is 36.4 Å². The third-order valence-corrected chi connectivity index (χ3v) is 5.34. The quantitative estimate of drug-likeness (QED) is 0.865. The molecule has 2 aromatic rings. The summed E-state index contributed by atoms with van der Waals surface area (Å²) in [6.45, 7) is 7.23. The van der Waals surface area contributed by atoms with Crippen LogP contribution >= 0.6 is 0 Å². The largest absolute Gasteiger partial charge is 0.324 e. The van der Waals surface area contributed by atoms with Crippen LogP contribution in [-0.4, -0.2) is 26.6 Å². The number of sulfonamides is 1. The van der Waals surface area contributed by atoms with Crippen molar-refractivity contribution >= 4 is 27.3 Å². The molecule has 5 nitrogen and oxygen atoms in total. The number of nitrogens with zero attached hydrogens (tertiary/aromatic N) is 1. The van der Waals surface area contributed by atoms with Crippen molar-refractivity contribution in [2.45, 2.75) is 33.7 Å². The molecule has 0 aliphatic heterocycles. The molecule has 0 saturated heterocycles. The van der Waals surface area contributed by atoms with Gasteiger partial charge in [-0.25, -0.2) is 12.8 Å². The number of hydrogen-bond donors (Lipinski definition) is 1. The molecular weight excluding hydrogens is 355 g/mol. The lowest BCUT2D eigenvalue weighted by Crippen LogP contribution is -2.45. The lowest BCUT2D eigenvalue weighted by atomic mass is 10.0. The van der Waals surface area contributed by atoms with Crippen molar-refractivity contribution in [3.63, 3.8) is 0 Å². The molecule has 1 amide bonds. The average molecular weight is 378 g/mol. The zero-order valence-corrected chi connectivity index (χ0v) is 16.3. The van der Waals surface area contributed by atoms with Crippen LogP contribution in [0.4, 0.5) is 15.8 Å². The van der Waals surface area contributed by atoms with E-state index in [1.54, 1.807) is 0 Å². The summed E-state index contributed by atoms with van der Waals surface area (Å²) in [6, 6.07) is 7.88. The molecule has 0 radical (unpaired) electrons. The number of carbonyl (C=O) groups is 1. The van der Waals surface area contributed by atoms with Gasteiger partial charge in [0.2, 0.25) is 15.9 Å². The zero-order valence-electron chi connectivity index (χ0n) is 15.5. The molecule has 140 valence electrons. The van der Waals surface area contributed by atoms with Gasteiger partial charge in [-0.1, -0.05) is 17.7 Å². The fraction of sp³-hybridized carbons (Fsp3) is 0.316. The molecule has 1 N–H and O–H groups in total. The summed E-state index contributed by atoms with van der Waals surface area (Å²) in [4.78, 5) is 12.7. The molecule has 1 atom stereocenters.